The third kappa shape index (κ3) is 1.99. The molecule has 1 aliphatic carbocycles. The van der Waals surface area contributed by atoms with Crippen LogP contribution in [0.5, 0.6) is 0 Å². The van der Waals surface area contributed by atoms with Crippen molar-refractivity contribution in [2.75, 3.05) is 0 Å². The summed E-state index contributed by atoms with van der Waals surface area (Å²) in [5, 5.41) is 0. The molecule has 0 heterocycles. The second-order valence-electron chi connectivity index (χ2n) is 3.86. The molecule has 1 saturated carbocycles. The maximum atomic E-state index is 6.24. The maximum Gasteiger partial charge on any atom is 0.0356 e. The Kier molecular flexibility index (Phi) is 3.50. The van der Waals surface area contributed by atoms with Gasteiger partial charge in [-0.3, -0.25) is 0 Å². The minimum Gasteiger partial charge on any atom is -0.324 e. The van der Waals surface area contributed by atoms with Gasteiger partial charge in [0.1, 0.15) is 0 Å². The summed E-state index contributed by atoms with van der Waals surface area (Å²) in [7, 11) is 0. The summed E-state index contributed by atoms with van der Waals surface area (Å²) in [4.78, 5) is 0. The normalized spacial score (nSPS) is 19.1. The van der Waals surface area contributed by atoms with Crippen LogP contribution in [0, 0.1) is 9.49 Å². The van der Waals surface area contributed by atoms with Gasteiger partial charge < -0.3 is 5.73 Å². The molecule has 14 heavy (non-hydrogen) atoms. The fourth-order valence-electron chi connectivity index (χ4n) is 1.83. The van der Waals surface area contributed by atoms with E-state index < -0.39 is 0 Å². The summed E-state index contributed by atoms with van der Waals surface area (Å²) in [6.45, 7) is 0. The lowest BCUT2D eigenvalue weighted by molar-refractivity contribution is 0.264. The lowest BCUT2D eigenvalue weighted by atomic mass is 9.78. The van der Waals surface area contributed by atoms with Crippen LogP contribution in [-0.4, -0.2) is 0 Å². The third-order valence-electron chi connectivity index (χ3n) is 3.00. The maximum absolute atomic E-state index is 6.24. The zero-order valence-corrected chi connectivity index (χ0v) is 11.6. The van der Waals surface area contributed by atoms with Gasteiger partial charge in [-0.2, -0.15) is 0 Å². The Labute approximate surface area is 107 Å². The fourth-order valence-corrected chi connectivity index (χ4v) is 2.88. The Morgan fingerprint density at radius 3 is 2.71 bits per heavy atom. The van der Waals surface area contributed by atoms with E-state index in [0.29, 0.717) is 5.92 Å². The minimum absolute atomic E-state index is 0.216. The first-order valence-corrected chi connectivity index (χ1v) is 6.77. The van der Waals surface area contributed by atoms with Gasteiger partial charge >= 0.3 is 0 Å². The number of rotatable bonds is 2. The van der Waals surface area contributed by atoms with Crippen molar-refractivity contribution in [1.29, 1.82) is 0 Å². The Balaban J connectivity index is 2.26. The van der Waals surface area contributed by atoms with Crippen LogP contribution in [0.2, 0.25) is 0 Å². The van der Waals surface area contributed by atoms with Crippen molar-refractivity contribution in [2.24, 2.45) is 11.7 Å². The molecule has 3 heteroatoms. The smallest absolute Gasteiger partial charge is 0.0356 e. The van der Waals surface area contributed by atoms with Gasteiger partial charge in [0.2, 0.25) is 0 Å². The van der Waals surface area contributed by atoms with Gasteiger partial charge in [0.05, 0.1) is 0 Å². The Morgan fingerprint density at radius 2 is 2.14 bits per heavy atom. The monoisotopic (exact) mass is 365 g/mol. The Morgan fingerprint density at radius 1 is 1.43 bits per heavy atom. The Bertz CT molecular complexity index is 336. The molecule has 0 saturated heterocycles. The number of hydrogen-bond donors (Lipinski definition) is 1. The van der Waals surface area contributed by atoms with Crippen LogP contribution < -0.4 is 5.73 Å². The lowest BCUT2D eigenvalue weighted by Gasteiger charge is -2.32. The summed E-state index contributed by atoms with van der Waals surface area (Å²) in [5.74, 6) is 0.699. The molecule has 1 atom stereocenters. The van der Waals surface area contributed by atoms with Crippen LogP contribution >= 0.6 is 38.5 Å². The quantitative estimate of drug-likeness (QED) is 0.791. The molecule has 0 bridgehead atoms. The molecular weight excluding hydrogens is 353 g/mol. The highest BCUT2D eigenvalue weighted by Crippen LogP contribution is 2.39. The van der Waals surface area contributed by atoms with E-state index in [1.54, 1.807) is 0 Å². The molecule has 2 N–H and O–H groups in total. The van der Waals surface area contributed by atoms with Crippen molar-refractivity contribution in [3.05, 3.63) is 31.8 Å². The fraction of sp³-hybridized carbons (Fsp3) is 0.455. The molecule has 0 amide bonds. The van der Waals surface area contributed by atoms with Crippen molar-refractivity contribution in [3.8, 4) is 0 Å². The molecule has 76 valence electrons. The van der Waals surface area contributed by atoms with Crippen molar-refractivity contribution in [1.82, 2.24) is 0 Å². The molecule has 1 aromatic rings. The van der Waals surface area contributed by atoms with E-state index in [2.05, 4.69) is 56.7 Å². The van der Waals surface area contributed by atoms with E-state index in [-0.39, 0.29) is 6.04 Å². The average molecular weight is 366 g/mol. The largest absolute Gasteiger partial charge is 0.324 e. The van der Waals surface area contributed by atoms with Gasteiger partial charge in [0.15, 0.2) is 0 Å². The highest BCUT2D eigenvalue weighted by molar-refractivity contribution is 14.1. The van der Waals surface area contributed by atoms with Crippen LogP contribution in [-0.2, 0) is 0 Å². The SMILES string of the molecule is N[C@@H](c1cccc(I)c1Br)C1CCC1. The van der Waals surface area contributed by atoms with Crippen LogP contribution in [0.3, 0.4) is 0 Å². The van der Waals surface area contributed by atoms with Gasteiger partial charge in [-0.05, 0) is 68.9 Å². The lowest BCUT2D eigenvalue weighted by Crippen LogP contribution is -2.27. The molecule has 1 fully saturated rings. The number of halogens is 2. The minimum atomic E-state index is 0.216. The van der Waals surface area contributed by atoms with Crippen LogP contribution in [0.15, 0.2) is 22.7 Å². The summed E-state index contributed by atoms with van der Waals surface area (Å²) in [6.07, 6.45) is 3.93. The second kappa shape index (κ2) is 4.49. The van der Waals surface area contributed by atoms with Crippen molar-refractivity contribution in [2.45, 2.75) is 25.3 Å². The van der Waals surface area contributed by atoms with Gasteiger partial charge in [-0.25, -0.2) is 0 Å². The molecule has 0 unspecified atom stereocenters. The molecule has 0 spiro atoms. The molecule has 0 aromatic heterocycles. The first-order chi connectivity index (χ1) is 6.70. The molecule has 0 radical (unpaired) electrons. The average Bonchev–Trinajstić information content (AvgIpc) is 2.06. The predicted molar refractivity (Wildman–Crippen MR) is 71.1 cm³/mol. The summed E-state index contributed by atoms with van der Waals surface area (Å²) < 4.78 is 2.43. The molecular formula is C11H13BrIN. The highest BCUT2D eigenvalue weighted by atomic mass is 127. The topological polar surface area (TPSA) is 26.0 Å². The third-order valence-corrected chi connectivity index (χ3v) is 5.52. The highest BCUT2D eigenvalue weighted by Gasteiger charge is 2.26. The molecule has 1 aromatic carbocycles. The van der Waals surface area contributed by atoms with Gasteiger partial charge in [-0.15, -0.1) is 0 Å². The van der Waals surface area contributed by atoms with Crippen LogP contribution in [0.1, 0.15) is 30.9 Å². The molecule has 1 nitrogen and oxygen atoms in total. The number of hydrogen-bond acceptors (Lipinski definition) is 1. The van der Waals surface area contributed by atoms with Gasteiger partial charge in [-0.1, -0.05) is 18.6 Å². The predicted octanol–water partition coefficient (Wildman–Crippen LogP) is 3.85. The van der Waals surface area contributed by atoms with Crippen molar-refractivity contribution >= 4 is 38.5 Å². The zero-order chi connectivity index (χ0) is 10.1. The van der Waals surface area contributed by atoms with Crippen molar-refractivity contribution in [3.63, 3.8) is 0 Å². The zero-order valence-electron chi connectivity index (χ0n) is 7.84. The van der Waals surface area contributed by atoms with E-state index in [0.717, 1.165) is 0 Å². The number of benzene rings is 1. The van der Waals surface area contributed by atoms with E-state index in [4.69, 9.17) is 5.73 Å². The summed E-state index contributed by atoms with van der Waals surface area (Å²) >= 11 is 5.95. The standard InChI is InChI=1S/C11H13BrIN/c12-10-8(5-2-6-9(10)13)11(14)7-3-1-4-7/h2,5-7,11H,1,3-4,14H2/t11-/m1/s1. The van der Waals surface area contributed by atoms with E-state index in [1.807, 2.05) is 0 Å². The number of nitrogens with two attached hydrogens (primary N) is 1. The van der Waals surface area contributed by atoms with Crippen LogP contribution in [0.25, 0.3) is 0 Å². The van der Waals surface area contributed by atoms with E-state index >= 15 is 0 Å². The first kappa shape index (κ1) is 10.9. The second-order valence-corrected chi connectivity index (χ2v) is 5.82. The van der Waals surface area contributed by atoms with Crippen LogP contribution in [0.4, 0.5) is 0 Å². The molecule has 1 aliphatic rings. The van der Waals surface area contributed by atoms with Gasteiger partial charge in [0, 0.05) is 14.1 Å². The summed E-state index contributed by atoms with van der Waals surface area (Å²) in [5.41, 5.74) is 7.50. The van der Waals surface area contributed by atoms with Gasteiger partial charge in [0.25, 0.3) is 0 Å². The summed E-state index contributed by atoms with van der Waals surface area (Å²) in [6, 6.07) is 6.53. The van der Waals surface area contributed by atoms with Crippen molar-refractivity contribution < 1.29 is 0 Å². The first-order valence-electron chi connectivity index (χ1n) is 4.89. The molecule has 2 rings (SSSR count). The molecule has 0 aliphatic heterocycles. The Hall–Kier alpha value is 0.390. The van der Waals surface area contributed by atoms with E-state index in [9.17, 15) is 0 Å². The van der Waals surface area contributed by atoms with E-state index in [1.165, 1.54) is 32.9 Å².